The zero-order valence-corrected chi connectivity index (χ0v) is 13.9. The zero-order chi connectivity index (χ0) is 14.0. The van der Waals surface area contributed by atoms with Gasteiger partial charge in [0.25, 0.3) is 0 Å². The molecule has 4 saturated carbocycles. The van der Waals surface area contributed by atoms with Crippen molar-refractivity contribution < 1.29 is 0 Å². The molecule has 108 valence electrons. The third-order valence-electron chi connectivity index (χ3n) is 6.51. The molecule has 3 atom stereocenters. The van der Waals surface area contributed by atoms with Gasteiger partial charge in [0, 0.05) is 10.2 Å². The van der Waals surface area contributed by atoms with E-state index >= 15 is 0 Å². The van der Waals surface area contributed by atoms with Crippen molar-refractivity contribution in [3.63, 3.8) is 0 Å². The highest BCUT2D eigenvalue weighted by Crippen LogP contribution is 2.63. The minimum atomic E-state index is 0.398. The quantitative estimate of drug-likeness (QED) is 0.585. The SMILES string of the molecule is BrC1C2CC3CC(C2)CC1(c1cccc2ccccc12)C3. The first-order chi connectivity index (χ1) is 10.3. The van der Waals surface area contributed by atoms with Gasteiger partial charge in [-0.2, -0.15) is 0 Å². The maximum absolute atomic E-state index is 4.16. The molecule has 1 heteroatoms. The van der Waals surface area contributed by atoms with Crippen LogP contribution in [-0.4, -0.2) is 4.83 Å². The van der Waals surface area contributed by atoms with E-state index in [4.69, 9.17) is 0 Å². The van der Waals surface area contributed by atoms with E-state index in [0.717, 1.165) is 17.8 Å². The molecule has 0 aromatic heterocycles. The highest BCUT2D eigenvalue weighted by molar-refractivity contribution is 9.09. The van der Waals surface area contributed by atoms with Gasteiger partial charge in [0.2, 0.25) is 0 Å². The molecule has 2 aromatic carbocycles. The molecule has 3 unspecified atom stereocenters. The van der Waals surface area contributed by atoms with Crippen LogP contribution in [0.1, 0.15) is 37.7 Å². The van der Waals surface area contributed by atoms with Gasteiger partial charge in [-0.3, -0.25) is 0 Å². The number of fused-ring (bicyclic) bond motifs is 1. The third kappa shape index (κ3) is 1.67. The van der Waals surface area contributed by atoms with Gasteiger partial charge in [-0.1, -0.05) is 58.4 Å². The van der Waals surface area contributed by atoms with Crippen LogP contribution in [0.2, 0.25) is 0 Å². The molecule has 0 N–H and O–H groups in total. The van der Waals surface area contributed by atoms with Crippen molar-refractivity contribution in [1.82, 2.24) is 0 Å². The van der Waals surface area contributed by atoms with Gasteiger partial charge >= 0.3 is 0 Å². The van der Waals surface area contributed by atoms with E-state index in [2.05, 4.69) is 58.4 Å². The van der Waals surface area contributed by atoms with Crippen molar-refractivity contribution in [3.8, 4) is 0 Å². The highest BCUT2D eigenvalue weighted by atomic mass is 79.9. The predicted molar refractivity (Wildman–Crippen MR) is 91.9 cm³/mol. The Hall–Kier alpha value is -0.820. The van der Waals surface area contributed by atoms with E-state index in [1.165, 1.54) is 42.9 Å². The van der Waals surface area contributed by atoms with Gasteiger partial charge in [0.05, 0.1) is 0 Å². The van der Waals surface area contributed by atoms with Gasteiger partial charge in [-0.25, -0.2) is 0 Å². The molecule has 0 amide bonds. The summed E-state index contributed by atoms with van der Waals surface area (Å²) in [5, 5.41) is 2.90. The molecule has 0 nitrogen and oxygen atoms in total. The minimum absolute atomic E-state index is 0.398. The Bertz CT molecular complexity index is 685. The number of hydrogen-bond donors (Lipinski definition) is 0. The lowest BCUT2D eigenvalue weighted by Crippen LogP contribution is -2.56. The molecule has 0 heterocycles. The van der Waals surface area contributed by atoms with Gasteiger partial charge in [0.1, 0.15) is 0 Å². The Kier molecular flexibility index (Phi) is 2.63. The predicted octanol–water partition coefficient (Wildman–Crippen LogP) is 5.68. The molecule has 0 saturated heterocycles. The Balaban J connectivity index is 1.74. The van der Waals surface area contributed by atoms with E-state index < -0.39 is 0 Å². The number of hydrogen-bond acceptors (Lipinski definition) is 0. The second-order valence-corrected chi connectivity index (χ2v) is 8.68. The van der Waals surface area contributed by atoms with Gasteiger partial charge in [-0.05, 0) is 66.2 Å². The van der Waals surface area contributed by atoms with Crippen LogP contribution in [0, 0.1) is 17.8 Å². The average Bonchev–Trinajstić information content (AvgIpc) is 2.51. The topological polar surface area (TPSA) is 0 Å². The maximum Gasteiger partial charge on any atom is 0.0271 e. The first kappa shape index (κ1) is 12.7. The molecule has 0 spiro atoms. The van der Waals surface area contributed by atoms with Crippen molar-refractivity contribution in [1.29, 1.82) is 0 Å². The van der Waals surface area contributed by atoms with E-state index in [0.29, 0.717) is 10.2 Å². The molecule has 0 aliphatic heterocycles. The van der Waals surface area contributed by atoms with E-state index in [9.17, 15) is 0 Å². The molecule has 4 aliphatic rings. The Morgan fingerprint density at radius 1 is 0.857 bits per heavy atom. The highest BCUT2D eigenvalue weighted by Gasteiger charge is 2.57. The van der Waals surface area contributed by atoms with Gasteiger partial charge < -0.3 is 0 Å². The molecule has 2 aromatic rings. The molecular weight excluding hydrogens is 320 g/mol. The normalized spacial score (nSPS) is 40.8. The van der Waals surface area contributed by atoms with Crippen LogP contribution in [0.4, 0.5) is 0 Å². The summed E-state index contributed by atoms with van der Waals surface area (Å²) in [6, 6.07) is 15.9. The van der Waals surface area contributed by atoms with E-state index in [1.54, 1.807) is 5.56 Å². The van der Waals surface area contributed by atoms with Crippen LogP contribution >= 0.6 is 15.9 Å². The minimum Gasteiger partial charge on any atom is -0.0878 e. The smallest absolute Gasteiger partial charge is 0.0271 e. The van der Waals surface area contributed by atoms with Crippen molar-refractivity contribution >= 4 is 26.7 Å². The average molecular weight is 341 g/mol. The number of halogens is 1. The van der Waals surface area contributed by atoms with E-state index in [1.807, 2.05) is 0 Å². The Labute approximate surface area is 135 Å². The van der Waals surface area contributed by atoms with Crippen molar-refractivity contribution in [2.45, 2.75) is 42.3 Å². The van der Waals surface area contributed by atoms with Crippen LogP contribution in [0.5, 0.6) is 0 Å². The number of alkyl halides is 1. The standard InChI is InChI=1S/C20H21Br/c21-19-16-9-13-8-14(10-16)12-20(19,11-13)18-7-3-5-15-4-1-2-6-17(15)18/h1-7,13-14,16,19H,8-12H2. The largest absolute Gasteiger partial charge is 0.0878 e. The first-order valence-electron chi connectivity index (χ1n) is 8.38. The van der Waals surface area contributed by atoms with E-state index in [-0.39, 0.29) is 0 Å². The molecule has 4 aliphatic carbocycles. The monoisotopic (exact) mass is 340 g/mol. The summed E-state index contributed by atoms with van der Waals surface area (Å²) in [4.78, 5) is 0.684. The number of benzene rings is 2. The molecule has 4 fully saturated rings. The summed E-state index contributed by atoms with van der Waals surface area (Å²) in [5.74, 6) is 2.88. The van der Waals surface area contributed by atoms with Gasteiger partial charge in [-0.15, -0.1) is 0 Å². The van der Waals surface area contributed by atoms with Crippen LogP contribution in [0.3, 0.4) is 0 Å². The first-order valence-corrected chi connectivity index (χ1v) is 9.30. The molecular formula is C20H21Br. The zero-order valence-electron chi connectivity index (χ0n) is 12.3. The second kappa shape index (κ2) is 4.35. The summed E-state index contributed by atoms with van der Waals surface area (Å²) in [6.07, 6.45) is 7.26. The molecule has 21 heavy (non-hydrogen) atoms. The van der Waals surface area contributed by atoms with Crippen LogP contribution in [-0.2, 0) is 5.41 Å². The Morgan fingerprint density at radius 3 is 2.38 bits per heavy atom. The van der Waals surface area contributed by atoms with Crippen LogP contribution in [0.15, 0.2) is 42.5 Å². The summed E-state index contributed by atoms with van der Waals surface area (Å²) >= 11 is 4.16. The maximum atomic E-state index is 4.16. The lowest BCUT2D eigenvalue weighted by Gasteiger charge is -2.60. The molecule has 6 rings (SSSR count). The lowest BCUT2D eigenvalue weighted by molar-refractivity contribution is 0.00482. The Morgan fingerprint density at radius 2 is 1.57 bits per heavy atom. The van der Waals surface area contributed by atoms with Crippen molar-refractivity contribution in [3.05, 3.63) is 48.0 Å². The molecule has 0 radical (unpaired) electrons. The summed E-state index contributed by atoms with van der Waals surface area (Å²) in [7, 11) is 0. The third-order valence-corrected chi connectivity index (χ3v) is 8.14. The summed E-state index contributed by atoms with van der Waals surface area (Å²) in [5.41, 5.74) is 2.02. The van der Waals surface area contributed by atoms with Crippen LogP contribution < -0.4 is 0 Å². The van der Waals surface area contributed by atoms with Gasteiger partial charge in [0.15, 0.2) is 0 Å². The van der Waals surface area contributed by atoms with Crippen molar-refractivity contribution in [2.24, 2.45) is 17.8 Å². The molecule has 4 bridgehead atoms. The fraction of sp³-hybridized carbons (Fsp3) is 0.500. The lowest BCUT2D eigenvalue weighted by atomic mass is 9.47. The number of rotatable bonds is 1. The summed E-state index contributed by atoms with van der Waals surface area (Å²) in [6.45, 7) is 0. The summed E-state index contributed by atoms with van der Waals surface area (Å²) < 4.78 is 0. The van der Waals surface area contributed by atoms with Crippen LogP contribution in [0.25, 0.3) is 10.8 Å². The fourth-order valence-electron chi connectivity index (χ4n) is 6.01. The second-order valence-electron chi connectivity index (χ2n) is 7.69. The fourth-order valence-corrected chi connectivity index (χ4v) is 7.06. The van der Waals surface area contributed by atoms with Crippen molar-refractivity contribution in [2.75, 3.05) is 0 Å².